The summed E-state index contributed by atoms with van der Waals surface area (Å²) in [5.74, 6) is 0.838. The number of carbonyl (C=O) groups excluding carboxylic acids is 1. The number of ketones is 1. The lowest BCUT2D eigenvalue weighted by molar-refractivity contribution is -0.119. The van der Waals surface area contributed by atoms with Crippen molar-refractivity contribution < 1.29 is 20.1 Å². The molecule has 8 atom stereocenters. The number of fused-ring (bicyclic) bond motifs is 6. The fourth-order valence-electron chi connectivity index (χ4n) is 6.95. The highest BCUT2D eigenvalue weighted by Crippen LogP contribution is 2.63. The molecule has 0 aromatic rings. The van der Waals surface area contributed by atoms with Gasteiger partial charge in [0.05, 0.1) is 17.8 Å². The molecule has 4 rings (SSSR count). The molecule has 160 valence electrons. The number of rotatable bonds is 3. The van der Waals surface area contributed by atoms with Crippen LogP contribution in [0.25, 0.3) is 0 Å². The van der Waals surface area contributed by atoms with Crippen LogP contribution in [0.15, 0.2) is 35.5 Å². The van der Waals surface area contributed by atoms with Crippen LogP contribution in [0.3, 0.4) is 0 Å². The van der Waals surface area contributed by atoms with E-state index in [1.54, 1.807) is 19.1 Å². The summed E-state index contributed by atoms with van der Waals surface area (Å²) in [5.41, 5.74) is 1.62. The van der Waals surface area contributed by atoms with Crippen LogP contribution in [0, 0.1) is 29.1 Å². The van der Waals surface area contributed by atoms with Gasteiger partial charge >= 0.3 is 0 Å². The molecule has 0 aliphatic heterocycles. The molecule has 0 aromatic heterocycles. The average molecular weight is 401 g/mol. The second-order valence-corrected chi connectivity index (χ2v) is 10.5. The quantitative estimate of drug-likeness (QED) is 0.631. The summed E-state index contributed by atoms with van der Waals surface area (Å²) in [6.45, 7) is 5.86. The molecule has 29 heavy (non-hydrogen) atoms. The summed E-state index contributed by atoms with van der Waals surface area (Å²) in [5, 5.41) is 31.1. The standard InChI is InChI=1S/C25H36O4/c1-15(26)8-11-25(3,29)23-7-6-21-20-14-22(28)17-12-16(4-5-18(27)13-17)19(20)9-10-24(21,23)2/h4,8,11,14-15,17-19,21,23,26-27,29H,5-7,9-10,12-13H2,1-3H3/b11-8+/t15-,17+,18-,19+,21-,23-,24-,25-/m0/s1. The summed E-state index contributed by atoms with van der Waals surface area (Å²) in [7, 11) is 0. The van der Waals surface area contributed by atoms with Crippen LogP contribution < -0.4 is 0 Å². The molecule has 0 saturated heterocycles. The molecule has 0 amide bonds. The van der Waals surface area contributed by atoms with Crippen LogP contribution in [0.5, 0.6) is 0 Å². The molecule has 0 aromatic carbocycles. The van der Waals surface area contributed by atoms with Gasteiger partial charge in [0, 0.05) is 11.8 Å². The van der Waals surface area contributed by atoms with Crippen molar-refractivity contribution in [3.05, 3.63) is 35.5 Å². The van der Waals surface area contributed by atoms with Gasteiger partial charge < -0.3 is 15.3 Å². The molecule has 0 radical (unpaired) electrons. The van der Waals surface area contributed by atoms with Crippen LogP contribution >= 0.6 is 0 Å². The largest absolute Gasteiger partial charge is 0.393 e. The first kappa shape index (κ1) is 21.0. The van der Waals surface area contributed by atoms with E-state index in [0.717, 1.165) is 32.1 Å². The van der Waals surface area contributed by atoms with Crippen LogP contribution in [0.1, 0.15) is 65.7 Å². The lowest BCUT2D eigenvalue weighted by Crippen LogP contribution is -2.45. The van der Waals surface area contributed by atoms with E-state index in [4.69, 9.17) is 0 Å². The average Bonchev–Trinajstić information content (AvgIpc) is 2.81. The predicted octanol–water partition coefficient (Wildman–Crippen LogP) is 3.71. The highest BCUT2D eigenvalue weighted by molar-refractivity contribution is 5.93. The van der Waals surface area contributed by atoms with E-state index in [0.29, 0.717) is 24.7 Å². The molecule has 0 unspecified atom stereocenters. The van der Waals surface area contributed by atoms with Gasteiger partial charge in [-0.3, -0.25) is 4.79 Å². The summed E-state index contributed by atoms with van der Waals surface area (Å²) in [6, 6.07) is 0. The summed E-state index contributed by atoms with van der Waals surface area (Å²) in [4.78, 5) is 13.0. The first-order chi connectivity index (χ1) is 13.6. The third kappa shape index (κ3) is 3.68. The van der Waals surface area contributed by atoms with Gasteiger partial charge in [-0.2, -0.15) is 0 Å². The zero-order chi connectivity index (χ0) is 21.0. The van der Waals surface area contributed by atoms with Gasteiger partial charge in [0.25, 0.3) is 0 Å². The van der Waals surface area contributed by atoms with Gasteiger partial charge in [0.15, 0.2) is 5.78 Å². The highest BCUT2D eigenvalue weighted by atomic mass is 16.3. The molecular weight excluding hydrogens is 364 g/mol. The summed E-state index contributed by atoms with van der Waals surface area (Å²) >= 11 is 0. The van der Waals surface area contributed by atoms with Crippen LogP contribution in [-0.4, -0.2) is 38.9 Å². The van der Waals surface area contributed by atoms with Gasteiger partial charge in [-0.15, -0.1) is 0 Å². The maximum Gasteiger partial charge on any atom is 0.159 e. The van der Waals surface area contributed by atoms with Crippen molar-refractivity contribution >= 4 is 5.78 Å². The Hall–Kier alpha value is -1.23. The molecule has 4 aliphatic carbocycles. The van der Waals surface area contributed by atoms with Gasteiger partial charge in [-0.1, -0.05) is 36.3 Å². The molecule has 2 fully saturated rings. The van der Waals surface area contributed by atoms with Crippen molar-refractivity contribution in [3.63, 3.8) is 0 Å². The SMILES string of the molecule is C[C@H](O)/C=C/[C@](C)(O)[C@H]1CC[C@H]2C3=CC(=O)[C@@H]4CC(=CC[C@H](O)C4)[C@H]3CC[C@@]21C. The minimum absolute atomic E-state index is 0.0519. The topological polar surface area (TPSA) is 77.8 Å². The minimum atomic E-state index is -0.973. The lowest BCUT2D eigenvalue weighted by atomic mass is 9.57. The van der Waals surface area contributed by atoms with Crippen molar-refractivity contribution in [1.82, 2.24) is 0 Å². The molecule has 4 aliphatic rings. The van der Waals surface area contributed by atoms with E-state index in [1.165, 1.54) is 11.1 Å². The van der Waals surface area contributed by atoms with E-state index in [-0.39, 0.29) is 23.0 Å². The van der Waals surface area contributed by atoms with Gasteiger partial charge in [0.1, 0.15) is 0 Å². The maximum atomic E-state index is 13.0. The molecule has 4 heteroatoms. The molecule has 0 heterocycles. The minimum Gasteiger partial charge on any atom is -0.393 e. The number of carbonyl (C=O) groups is 1. The molecule has 0 spiro atoms. The number of hydrogen-bond donors (Lipinski definition) is 3. The fourth-order valence-corrected chi connectivity index (χ4v) is 6.95. The van der Waals surface area contributed by atoms with Crippen molar-refractivity contribution in [3.8, 4) is 0 Å². The smallest absolute Gasteiger partial charge is 0.159 e. The Balaban J connectivity index is 1.67. The Bertz CT molecular complexity index is 759. The zero-order valence-corrected chi connectivity index (χ0v) is 18.0. The van der Waals surface area contributed by atoms with Crippen molar-refractivity contribution in [2.75, 3.05) is 0 Å². The Morgan fingerprint density at radius 3 is 2.79 bits per heavy atom. The summed E-state index contributed by atoms with van der Waals surface area (Å²) in [6.07, 6.45) is 12.6. The molecule has 3 N–H and O–H groups in total. The number of aliphatic hydroxyl groups excluding tert-OH is 2. The van der Waals surface area contributed by atoms with Crippen LogP contribution in [0.4, 0.5) is 0 Å². The normalized spacial score (nSPS) is 42.8. The highest BCUT2D eigenvalue weighted by Gasteiger charge is 2.57. The number of hydrogen-bond acceptors (Lipinski definition) is 4. The molecule has 2 bridgehead atoms. The van der Waals surface area contributed by atoms with Gasteiger partial charge in [-0.05, 0) is 82.1 Å². The van der Waals surface area contributed by atoms with Gasteiger partial charge in [-0.25, -0.2) is 0 Å². The van der Waals surface area contributed by atoms with Gasteiger partial charge in [0.2, 0.25) is 0 Å². The molecule has 4 nitrogen and oxygen atoms in total. The van der Waals surface area contributed by atoms with E-state index in [9.17, 15) is 20.1 Å². The fraction of sp³-hybridized carbons (Fsp3) is 0.720. The Labute approximate surface area is 174 Å². The predicted molar refractivity (Wildman–Crippen MR) is 113 cm³/mol. The first-order valence-corrected chi connectivity index (χ1v) is 11.3. The Morgan fingerprint density at radius 2 is 2.07 bits per heavy atom. The Kier molecular flexibility index (Phi) is 5.42. The zero-order valence-electron chi connectivity index (χ0n) is 18.0. The third-order valence-corrected chi connectivity index (χ3v) is 8.38. The second-order valence-electron chi connectivity index (χ2n) is 10.5. The number of aliphatic hydroxyl groups is 3. The number of allylic oxidation sites excluding steroid dienone is 3. The van der Waals surface area contributed by atoms with Crippen LogP contribution in [0.2, 0.25) is 0 Å². The monoisotopic (exact) mass is 400 g/mol. The molecular formula is C25H36O4. The second kappa shape index (κ2) is 7.47. The first-order valence-electron chi connectivity index (χ1n) is 11.3. The third-order valence-electron chi connectivity index (χ3n) is 8.38. The maximum absolute atomic E-state index is 13.0. The van der Waals surface area contributed by atoms with E-state index < -0.39 is 17.8 Å². The van der Waals surface area contributed by atoms with Crippen molar-refractivity contribution in [1.29, 1.82) is 0 Å². The van der Waals surface area contributed by atoms with E-state index in [1.807, 2.05) is 13.0 Å². The van der Waals surface area contributed by atoms with Crippen molar-refractivity contribution in [2.45, 2.75) is 83.5 Å². The van der Waals surface area contributed by atoms with E-state index in [2.05, 4.69) is 13.0 Å². The van der Waals surface area contributed by atoms with E-state index >= 15 is 0 Å². The summed E-state index contributed by atoms with van der Waals surface area (Å²) < 4.78 is 0. The molecule has 2 saturated carbocycles. The Morgan fingerprint density at radius 1 is 1.31 bits per heavy atom. The van der Waals surface area contributed by atoms with Crippen molar-refractivity contribution in [2.24, 2.45) is 29.1 Å². The van der Waals surface area contributed by atoms with Crippen LogP contribution in [-0.2, 0) is 4.79 Å². The lowest BCUT2D eigenvalue weighted by Gasteiger charge is -2.49.